The predicted molar refractivity (Wildman–Crippen MR) is 127 cm³/mol. The summed E-state index contributed by atoms with van der Waals surface area (Å²) < 4.78 is 35.4. The van der Waals surface area contributed by atoms with Gasteiger partial charge in [0.25, 0.3) is 0 Å². The Bertz CT molecular complexity index is 1010. The largest absolute Gasteiger partial charge is 0.442 e. The number of cyclic esters (lactones) is 1. The summed E-state index contributed by atoms with van der Waals surface area (Å²) in [6, 6.07) is 12.7. The molecule has 2 aliphatic rings. The smallest absolute Gasteiger partial charge is 0.414 e. The van der Waals surface area contributed by atoms with E-state index < -0.39 is 33.9 Å². The van der Waals surface area contributed by atoms with Gasteiger partial charge in [0.1, 0.15) is 11.8 Å². The molecule has 2 fully saturated rings. The Morgan fingerprint density at radius 1 is 1.15 bits per heavy atom. The zero-order chi connectivity index (χ0) is 23.6. The topological polar surface area (TPSA) is 61.9 Å². The van der Waals surface area contributed by atoms with E-state index in [1.807, 2.05) is 18.2 Å². The number of anilines is 2. The third-order valence-corrected chi connectivity index (χ3v) is 9.86. The highest BCUT2D eigenvalue weighted by molar-refractivity contribution is 8.33. The number of amides is 2. The molecule has 0 radical (unpaired) electrons. The highest BCUT2D eigenvalue weighted by atomic mass is 32.3. The van der Waals surface area contributed by atoms with Gasteiger partial charge in [-0.15, -0.1) is 0 Å². The summed E-state index contributed by atoms with van der Waals surface area (Å²) in [4.78, 5) is 28.0. The van der Waals surface area contributed by atoms with Crippen LogP contribution in [0.1, 0.15) is 13.3 Å². The average Bonchev–Trinajstić information content (AvgIpc) is 3.19. The molecule has 2 aromatic carbocycles. The minimum Gasteiger partial charge on any atom is -0.442 e. The first-order valence-electron chi connectivity index (χ1n) is 11.1. The minimum absolute atomic E-state index is 0.0485. The third kappa shape index (κ3) is 4.93. The molecule has 1 atom stereocenters. The lowest BCUT2D eigenvalue weighted by Crippen LogP contribution is -2.39. The number of hydrogen-bond donors (Lipinski definition) is 1. The minimum atomic E-state index is -1.02. The van der Waals surface area contributed by atoms with Crippen molar-refractivity contribution >= 4 is 33.4 Å². The highest BCUT2D eigenvalue weighted by Crippen LogP contribution is 2.54. The number of benzene rings is 2. The molecule has 0 aromatic heterocycles. The summed E-state index contributed by atoms with van der Waals surface area (Å²) in [5.74, 6) is 0.179. The Balaban J connectivity index is 1.45. The number of rotatable bonds is 6. The molecule has 6 nitrogen and oxygen atoms in total. The van der Waals surface area contributed by atoms with Crippen molar-refractivity contribution in [1.82, 2.24) is 5.32 Å². The van der Waals surface area contributed by atoms with E-state index >= 15 is 8.78 Å². The van der Waals surface area contributed by atoms with Crippen LogP contribution in [0.3, 0.4) is 0 Å². The Kier molecular flexibility index (Phi) is 6.78. The van der Waals surface area contributed by atoms with Crippen LogP contribution in [0, 0.1) is 11.6 Å². The summed E-state index contributed by atoms with van der Waals surface area (Å²) in [6.45, 7) is 3.14. The number of carbonyl (C=O) groups is 2. The summed E-state index contributed by atoms with van der Waals surface area (Å²) in [7, 11) is -1.02. The molecule has 2 aromatic rings. The van der Waals surface area contributed by atoms with Gasteiger partial charge in [-0.25, -0.2) is 23.6 Å². The van der Waals surface area contributed by atoms with Gasteiger partial charge in [-0.3, -0.25) is 9.69 Å². The van der Waals surface area contributed by atoms with Crippen LogP contribution in [0.25, 0.3) is 0 Å². The Labute approximate surface area is 194 Å². The van der Waals surface area contributed by atoms with E-state index in [0.717, 1.165) is 11.5 Å². The van der Waals surface area contributed by atoms with Crippen LogP contribution < -0.4 is 15.1 Å². The monoisotopic (exact) mass is 477 g/mol. The van der Waals surface area contributed by atoms with Crippen molar-refractivity contribution < 1.29 is 23.1 Å². The molecule has 178 valence electrons. The lowest BCUT2D eigenvalue weighted by atomic mass is 10.2. The summed E-state index contributed by atoms with van der Waals surface area (Å²) in [6.07, 6.45) is 1.34. The van der Waals surface area contributed by atoms with E-state index in [2.05, 4.69) is 23.7 Å². The number of halogens is 2. The van der Waals surface area contributed by atoms with Crippen LogP contribution in [0.2, 0.25) is 0 Å². The van der Waals surface area contributed by atoms with Crippen molar-refractivity contribution in [1.29, 1.82) is 0 Å². The van der Waals surface area contributed by atoms with Gasteiger partial charge in [0.15, 0.2) is 11.6 Å². The second-order valence-corrected chi connectivity index (χ2v) is 12.4. The Hall–Kier alpha value is -2.81. The van der Waals surface area contributed by atoms with Gasteiger partial charge in [0.2, 0.25) is 5.91 Å². The van der Waals surface area contributed by atoms with Crippen LogP contribution in [0.5, 0.6) is 0 Å². The van der Waals surface area contributed by atoms with Crippen molar-refractivity contribution in [3.63, 3.8) is 0 Å². The maximum absolute atomic E-state index is 15.1. The molecule has 0 bridgehead atoms. The molecular weight excluding hydrogens is 448 g/mol. The zero-order valence-electron chi connectivity index (χ0n) is 18.9. The van der Waals surface area contributed by atoms with E-state index in [9.17, 15) is 9.59 Å². The molecule has 9 heteroatoms. The average molecular weight is 478 g/mol. The van der Waals surface area contributed by atoms with Gasteiger partial charge in [-0.1, -0.05) is 37.3 Å². The first-order valence-corrected chi connectivity index (χ1v) is 13.5. The molecular formula is C24H29F2N3O3S. The van der Waals surface area contributed by atoms with Crippen molar-refractivity contribution in [2.24, 2.45) is 0 Å². The van der Waals surface area contributed by atoms with E-state index in [-0.39, 0.29) is 30.4 Å². The van der Waals surface area contributed by atoms with Gasteiger partial charge in [-0.2, -0.15) is 0 Å². The van der Waals surface area contributed by atoms with Crippen LogP contribution in [0.15, 0.2) is 47.4 Å². The fraction of sp³-hybridized carbons (Fsp3) is 0.417. The first kappa shape index (κ1) is 23.4. The molecule has 0 saturated carbocycles. The highest BCUT2D eigenvalue weighted by Gasteiger charge is 2.35. The summed E-state index contributed by atoms with van der Waals surface area (Å²) >= 11 is 0. The van der Waals surface area contributed by atoms with Gasteiger partial charge in [0.05, 0.1) is 18.8 Å². The normalized spacial score (nSPS) is 21.0. The number of carbonyl (C=O) groups excluding carboxylic acids is 2. The first-order chi connectivity index (χ1) is 15.8. The number of nitrogens with one attached hydrogen (secondary N) is 1. The molecule has 0 spiro atoms. The van der Waals surface area contributed by atoms with Gasteiger partial charge in [-0.05, 0) is 22.7 Å². The molecule has 2 heterocycles. The van der Waals surface area contributed by atoms with Crippen molar-refractivity contribution in [3.05, 3.63) is 54.1 Å². The molecule has 1 N–H and O–H groups in total. The quantitative estimate of drug-likeness (QED) is 0.680. The molecule has 4 rings (SSSR count). The molecule has 2 amide bonds. The van der Waals surface area contributed by atoms with Gasteiger partial charge >= 0.3 is 6.09 Å². The fourth-order valence-electron chi connectivity index (χ4n) is 4.25. The van der Waals surface area contributed by atoms with Gasteiger partial charge < -0.3 is 15.0 Å². The molecule has 0 aliphatic carbocycles. The number of ether oxygens (including phenoxy) is 1. The predicted octanol–water partition coefficient (Wildman–Crippen LogP) is 4.13. The van der Waals surface area contributed by atoms with E-state index in [0.29, 0.717) is 19.5 Å². The van der Waals surface area contributed by atoms with E-state index in [1.54, 1.807) is 11.8 Å². The Morgan fingerprint density at radius 3 is 2.39 bits per heavy atom. The lowest BCUT2D eigenvalue weighted by Gasteiger charge is -2.45. The van der Waals surface area contributed by atoms with Crippen molar-refractivity contribution in [2.75, 3.05) is 53.7 Å². The lowest BCUT2D eigenvalue weighted by molar-refractivity contribution is -0.121. The van der Waals surface area contributed by atoms with Crippen LogP contribution in [-0.4, -0.2) is 62.0 Å². The molecule has 33 heavy (non-hydrogen) atoms. The SMILES string of the molecule is CCC(=O)NCC1CN(c2cc(F)c(N3CCS(C)(c4ccccc4)CC3)c(F)c2)C(=O)O1. The van der Waals surface area contributed by atoms with Crippen LogP contribution >= 0.6 is 10.0 Å². The van der Waals surface area contributed by atoms with E-state index in [4.69, 9.17) is 4.74 Å². The maximum Gasteiger partial charge on any atom is 0.414 e. The standard InChI is InChI=1S/C24H29F2N3O3S/c1-3-22(30)27-15-18-16-29(24(31)32-18)17-13-20(25)23(21(26)14-17)28-9-11-33(2,12-10-28)19-7-5-4-6-8-19/h4-8,13-14,18H,3,9-12,15-16H2,1-2H3,(H,27,30). The van der Waals surface area contributed by atoms with E-state index in [1.165, 1.54) is 21.9 Å². The molecule has 2 aliphatic heterocycles. The van der Waals surface area contributed by atoms with Crippen LogP contribution in [0.4, 0.5) is 25.0 Å². The van der Waals surface area contributed by atoms with Crippen molar-refractivity contribution in [2.45, 2.75) is 24.3 Å². The van der Waals surface area contributed by atoms with Crippen molar-refractivity contribution in [3.8, 4) is 0 Å². The fourth-order valence-corrected chi connectivity index (χ4v) is 6.98. The molecule has 1 unspecified atom stereocenters. The second-order valence-electron chi connectivity index (χ2n) is 8.51. The maximum atomic E-state index is 15.1. The van der Waals surface area contributed by atoms with Crippen LogP contribution in [-0.2, 0) is 9.53 Å². The van der Waals surface area contributed by atoms with Gasteiger partial charge in [0, 0.05) is 31.6 Å². The summed E-state index contributed by atoms with van der Waals surface area (Å²) in [5, 5.41) is 2.66. The third-order valence-electron chi connectivity index (χ3n) is 6.29. The molecule has 2 saturated heterocycles. The number of nitrogens with zero attached hydrogens (tertiary/aromatic N) is 2. The zero-order valence-corrected chi connectivity index (χ0v) is 19.7. The summed E-state index contributed by atoms with van der Waals surface area (Å²) in [5.41, 5.74) is 0.0624. The second kappa shape index (κ2) is 9.59. The number of hydrogen-bond acceptors (Lipinski definition) is 4. The Morgan fingerprint density at radius 2 is 1.79 bits per heavy atom.